The molecule has 8 nitrogen and oxygen atoms in total. The molecular formula is C28H32N2O6. The van der Waals surface area contributed by atoms with Gasteiger partial charge in [0.2, 0.25) is 5.91 Å². The maximum atomic E-state index is 12.9. The molecule has 3 rings (SSSR count). The van der Waals surface area contributed by atoms with Crippen molar-refractivity contribution in [2.24, 2.45) is 0 Å². The number of rotatable bonds is 12. The van der Waals surface area contributed by atoms with Crippen LogP contribution in [0.15, 0.2) is 84.9 Å². The molecule has 0 aliphatic carbocycles. The SMILES string of the molecule is C[C@@H](O)[C@@H](CO)NC(=O)[C@H](Cc1ccc(OCc2ccccc2)cc1)NC(=O)OCc1ccccc1. The number of hydrogen-bond donors (Lipinski definition) is 4. The van der Waals surface area contributed by atoms with E-state index in [1.54, 1.807) is 12.1 Å². The van der Waals surface area contributed by atoms with Crippen LogP contribution < -0.4 is 15.4 Å². The summed E-state index contributed by atoms with van der Waals surface area (Å²) < 4.78 is 11.1. The molecule has 2 amide bonds. The molecule has 4 N–H and O–H groups in total. The van der Waals surface area contributed by atoms with E-state index in [1.165, 1.54) is 6.92 Å². The molecule has 0 bridgehead atoms. The van der Waals surface area contributed by atoms with Crippen LogP contribution in [0, 0.1) is 0 Å². The second-order valence-electron chi connectivity index (χ2n) is 8.42. The normalized spacial score (nSPS) is 13.2. The van der Waals surface area contributed by atoms with Gasteiger partial charge < -0.3 is 30.3 Å². The summed E-state index contributed by atoms with van der Waals surface area (Å²) in [5, 5.41) is 24.4. The number of carbonyl (C=O) groups excluding carboxylic acids is 2. The third kappa shape index (κ3) is 8.72. The van der Waals surface area contributed by atoms with Crippen molar-refractivity contribution in [2.45, 2.75) is 44.7 Å². The quantitative estimate of drug-likeness (QED) is 0.309. The van der Waals surface area contributed by atoms with Crippen LogP contribution in [-0.4, -0.2) is 47.0 Å². The van der Waals surface area contributed by atoms with Crippen molar-refractivity contribution in [3.8, 4) is 5.75 Å². The highest BCUT2D eigenvalue weighted by Crippen LogP contribution is 2.16. The predicted octanol–water partition coefficient (Wildman–Crippen LogP) is 2.96. The minimum atomic E-state index is -0.989. The topological polar surface area (TPSA) is 117 Å². The predicted molar refractivity (Wildman–Crippen MR) is 135 cm³/mol. The lowest BCUT2D eigenvalue weighted by atomic mass is 10.0. The Hall–Kier alpha value is -3.88. The monoisotopic (exact) mass is 492 g/mol. The summed E-state index contributed by atoms with van der Waals surface area (Å²) in [4.78, 5) is 25.4. The standard InChI is InChI=1S/C28H32N2O6/c1-20(32)26(17-31)29-27(33)25(30-28(34)36-19-23-10-6-3-7-11-23)16-21-12-14-24(15-13-21)35-18-22-8-4-2-5-9-22/h2-15,20,25-26,31-32H,16-19H2,1H3,(H,29,33)(H,30,34)/t20-,25+,26-/m1/s1. The van der Waals surface area contributed by atoms with Crippen LogP contribution in [0.5, 0.6) is 5.75 Å². The van der Waals surface area contributed by atoms with Gasteiger partial charge in [0.25, 0.3) is 0 Å². The average molecular weight is 493 g/mol. The van der Waals surface area contributed by atoms with Gasteiger partial charge in [-0.15, -0.1) is 0 Å². The fraction of sp³-hybridized carbons (Fsp3) is 0.286. The fourth-order valence-electron chi connectivity index (χ4n) is 3.42. The van der Waals surface area contributed by atoms with E-state index >= 15 is 0 Å². The van der Waals surface area contributed by atoms with Gasteiger partial charge in [-0.05, 0) is 35.7 Å². The Morgan fingerprint density at radius 3 is 1.94 bits per heavy atom. The van der Waals surface area contributed by atoms with Crippen molar-refractivity contribution in [1.29, 1.82) is 0 Å². The highest BCUT2D eigenvalue weighted by molar-refractivity contribution is 5.86. The Bertz CT molecular complexity index is 1070. The summed E-state index contributed by atoms with van der Waals surface area (Å²) in [6.45, 7) is 1.51. The fourth-order valence-corrected chi connectivity index (χ4v) is 3.42. The summed E-state index contributed by atoms with van der Waals surface area (Å²) in [7, 11) is 0. The maximum absolute atomic E-state index is 12.9. The molecular weight excluding hydrogens is 460 g/mol. The van der Waals surface area contributed by atoms with E-state index in [0.717, 1.165) is 16.7 Å². The summed E-state index contributed by atoms with van der Waals surface area (Å²) in [6.07, 6.45) is -1.55. The molecule has 0 aliphatic rings. The second-order valence-corrected chi connectivity index (χ2v) is 8.42. The molecule has 36 heavy (non-hydrogen) atoms. The molecule has 0 heterocycles. The Morgan fingerprint density at radius 2 is 1.39 bits per heavy atom. The first-order valence-corrected chi connectivity index (χ1v) is 11.8. The number of benzene rings is 3. The smallest absolute Gasteiger partial charge is 0.408 e. The third-order valence-corrected chi connectivity index (χ3v) is 5.54. The molecule has 0 radical (unpaired) electrons. The van der Waals surface area contributed by atoms with E-state index in [2.05, 4.69) is 10.6 Å². The average Bonchev–Trinajstić information content (AvgIpc) is 2.90. The van der Waals surface area contributed by atoms with E-state index in [9.17, 15) is 19.8 Å². The van der Waals surface area contributed by atoms with Crippen molar-refractivity contribution in [3.63, 3.8) is 0 Å². The third-order valence-electron chi connectivity index (χ3n) is 5.54. The molecule has 3 aromatic rings. The van der Waals surface area contributed by atoms with Crippen molar-refractivity contribution in [3.05, 3.63) is 102 Å². The van der Waals surface area contributed by atoms with Crippen LogP contribution in [0.4, 0.5) is 4.79 Å². The summed E-state index contributed by atoms with van der Waals surface area (Å²) >= 11 is 0. The number of nitrogens with one attached hydrogen (secondary N) is 2. The van der Waals surface area contributed by atoms with Crippen LogP contribution in [0.25, 0.3) is 0 Å². The molecule has 0 saturated heterocycles. The van der Waals surface area contributed by atoms with Gasteiger partial charge in [0.1, 0.15) is 25.0 Å². The van der Waals surface area contributed by atoms with Crippen LogP contribution in [0.3, 0.4) is 0 Å². The van der Waals surface area contributed by atoms with Gasteiger partial charge >= 0.3 is 6.09 Å². The van der Waals surface area contributed by atoms with Gasteiger partial charge in [-0.1, -0.05) is 72.8 Å². The molecule has 3 aromatic carbocycles. The van der Waals surface area contributed by atoms with Gasteiger partial charge in [0.15, 0.2) is 0 Å². The summed E-state index contributed by atoms with van der Waals surface area (Å²) in [5.74, 6) is 0.129. The maximum Gasteiger partial charge on any atom is 0.408 e. The van der Waals surface area contributed by atoms with Gasteiger partial charge in [0, 0.05) is 6.42 Å². The summed E-state index contributed by atoms with van der Waals surface area (Å²) in [6, 6.07) is 24.4. The Labute approximate surface area is 210 Å². The number of carbonyl (C=O) groups is 2. The molecule has 0 aromatic heterocycles. The van der Waals surface area contributed by atoms with E-state index in [-0.39, 0.29) is 13.0 Å². The van der Waals surface area contributed by atoms with Crippen molar-refractivity contribution in [2.75, 3.05) is 6.61 Å². The molecule has 0 fully saturated rings. The number of hydrogen-bond acceptors (Lipinski definition) is 6. The van der Waals surface area contributed by atoms with Gasteiger partial charge in [-0.3, -0.25) is 4.79 Å². The molecule has 0 aliphatic heterocycles. The first kappa shape index (κ1) is 26.7. The summed E-state index contributed by atoms with van der Waals surface area (Å²) in [5.41, 5.74) is 2.64. The van der Waals surface area contributed by atoms with E-state index in [0.29, 0.717) is 12.4 Å². The van der Waals surface area contributed by atoms with Gasteiger partial charge in [-0.2, -0.15) is 0 Å². The number of aliphatic hydroxyl groups excluding tert-OH is 2. The highest BCUT2D eigenvalue weighted by Gasteiger charge is 2.26. The Morgan fingerprint density at radius 1 is 0.806 bits per heavy atom. The van der Waals surface area contributed by atoms with Crippen LogP contribution in [-0.2, 0) is 29.2 Å². The van der Waals surface area contributed by atoms with Crippen LogP contribution in [0.2, 0.25) is 0 Å². The highest BCUT2D eigenvalue weighted by atomic mass is 16.5. The van der Waals surface area contributed by atoms with Crippen molar-refractivity contribution >= 4 is 12.0 Å². The largest absolute Gasteiger partial charge is 0.489 e. The van der Waals surface area contributed by atoms with Crippen molar-refractivity contribution < 1.29 is 29.3 Å². The molecule has 8 heteroatoms. The minimum absolute atomic E-state index is 0.0569. The van der Waals surface area contributed by atoms with Gasteiger partial charge in [-0.25, -0.2) is 4.79 Å². The first-order chi connectivity index (χ1) is 17.4. The van der Waals surface area contributed by atoms with Crippen molar-refractivity contribution in [1.82, 2.24) is 10.6 Å². The molecule has 190 valence electrons. The zero-order valence-electron chi connectivity index (χ0n) is 20.2. The Balaban J connectivity index is 1.63. The lowest BCUT2D eigenvalue weighted by Crippen LogP contribution is -2.54. The molecule has 0 spiro atoms. The zero-order chi connectivity index (χ0) is 25.8. The minimum Gasteiger partial charge on any atom is -0.489 e. The lowest BCUT2D eigenvalue weighted by Gasteiger charge is -2.24. The second kappa shape index (κ2) is 13.9. The van der Waals surface area contributed by atoms with Gasteiger partial charge in [0.05, 0.1) is 18.8 Å². The van der Waals surface area contributed by atoms with E-state index in [1.807, 2.05) is 72.8 Å². The molecule has 3 atom stereocenters. The molecule has 0 unspecified atom stereocenters. The Kier molecular flexibility index (Phi) is 10.3. The number of alkyl carbamates (subject to hydrolysis) is 1. The number of aliphatic hydroxyl groups is 2. The van der Waals surface area contributed by atoms with E-state index in [4.69, 9.17) is 9.47 Å². The van der Waals surface area contributed by atoms with E-state index < -0.39 is 36.8 Å². The zero-order valence-corrected chi connectivity index (χ0v) is 20.2. The molecule has 0 saturated carbocycles. The number of amides is 2. The lowest BCUT2D eigenvalue weighted by molar-refractivity contribution is -0.125. The first-order valence-electron chi connectivity index (χ1n) is 11.8. The number of ether oxygens (including phenoxy) is 2. The van der Waals surface area contributed by atoms with Crippen LogP contribution >= 0.6 is 0 Å². The van der Waals surface area contributed by atoms with Crippen LogP contribution in [0.1, 0.15) is 23.6 Å².